The summed E-state index contributed by atoms with van der Waals surface area (Å²) in [7, 11) is 0. The highest BCUT2D eigenvalue weighted by Gasteiger charge is 2.37. The fourth-order valence-electron chi connectivity index (χ4n) is 6.29. The van der Waals surface area contributed by atoms with Crippen molar-refractivity contribution >= 4 is 23.8 Å². The number of imidazole rings is 1. The minimum absolute atomic E-state index is 0.262. The van der Waals surface area contributed by atoms with E-state index in [1.807, 2.05) is 12.1 Å². The van der Waals surface area contributed by atoms with Crippen molar-refractivity contribution in [2.45, 2.75) is 37.6 Å². The number of likely N-dealkylation sites (tertiary alicyclic amines) is 1. The number of halogens is 1. The van der Waals surface area contributed by atoms with Gasteiger partial charge < -0.3 is 25.0 Å². The highest BCUT2D eigenvalue weighted by molar-refractivity contribution is 5.90. The number of carboxylic acid groups (broad SMARTS) is 1. The topological polar surface area (TPSA) is 159 Å². The number of hydrogen-bond acceptors (Lipinski definition) is 7. The number of hydrogen-bond donors (Lipinski definition) is 3. The summed E-state index contributed by atoms with van der Waals surface area (Å²) < 4.78 is 22.4. The van der Waals surface area contributed by atoms with Gasteiger partial charge >= 0.3 is 12.2 Å². The van der Waals surface area contributed by atoms with E-state index >= 15 is 4.39 Å². The molecule has 4 heterocycles. The molecular weight excluding hydrogens is 619 g/mol. The molecule has 3 amide bonds. The van der Waals surface area contributed by atoms with E-state index in [0.717, 1.165) is 17.7 Å². The van der Waals surface area contributed by atoms with Gasteiger partial charge in [0, 0.05) is 18.3 Å². The SMILES string of the molecule is O=C(O)N[C@H](C(=O)N1CCC[C@H]1c1ncc(-c2ccc(-c3ccc(N4C[C@H](Cn5ccnn5)OC4=O)cc3F)cc2)[nH]1)c1ccccc1. The lowest BCUT2D eigenvalue weighted by Crippen LogP contribution is -2.42. The van der Waals surface area contributed by atoms with E-state index in [1.165, 1.54) is 11.0 Å². The first kappa shape index (κ1) is 30.6. The second-order valence-corrected chi connectivity index (χ2v) is 11.6. The van der Waals surface area contributed by atoms with Crippen molar-refractivity contribution in [1.29, 1.82) is 0 Å². The van der Waals surface area contributed by atoms with E-state index in [2.05, 4.69) is 25.6 Å². The van der Waals surface area contributed by atoms with Crippen molar-refractivity contribution in [3.63, 3.8) is 0 Å². The van der Waals surface area contributed by atoms with E-state index in [4.69, 9.17) is 4.74 Å². The standard InChI is InChI=1S/C34H31FN8O5/c35-27-17-24(43-20-25(48-34(43)47)19-41-16-14-37-40-41)12-13-26(27)21-8-10-22(11-9-21)28-18-36-31(38-28)29-7-4-15-42(29)32(44)30(39-33(45)46)23-5-2-1-3-6-23/h1-3,5-6,8-14,16-18,25,29-30,39H,4,7,15,19-20H2,(H,36,38)(H,45,46)/t25-,29-,30-/m0/s1. The average Bonchev–Trinajstić information content (AvgIpc) is 3.92. The molecule has 244 valence electrons. The van der Waals surface area contributed by atoms with Crippen LogP contribution >= 0.6 is 0 Å². The maximum atomic E-state index is 15.4. The van der Waals surface area contributed by atoms with Gasteiger partial charge in [-0.25, -0.2) is 23.6 Å². The van der Waals surface area contributed by atoms with Gasteiger partial charge in [-0.3, -0.25) is 9.69 Å². The third-order valence-electron chi connectivity index (χ3n) is 8.60. The Balaban J connectivity index is 1.04. The summed E-state index contributed by atoms with van der Waals surface area (Å²) in [6.07, 6.45) is 4.08. The largest absolute Gasteiger partial charge is 0.465 e. The Hall–Kier alpha value is -6.05. The predicted molar refractivity (Wildman–Crippen MR) is 171 cm³/mol. The fourth-order valence-corrected chi connectivity index (χ4v) is 6.29. The van der Waals surface area contributed by atoms with E-state index < -0.39 is 30.1 Å². The molecule has 0 unspecified atom stereocenters. The van der Waals surface area contributed by atoms with Crippen LogP contribution < -0.4 is 10.2 Å². The van der Waals surface area contributed by atoms with Crippen LogP contribution in [0.5, 0.6) is 0 Å². The normalized spacial score (nSPS) is 18.1. The maximum absolute atomic E-state index is 15.4. The second-order valence-electron chi connectivity index (χ2n) is 11.6. The van der Waals surface area contributed by atoms with Crippen molar-refractivity contribution < 1.29 is 28.6 Å². The summed E-state index contributed by atoms with van der Waals surface area (Å²) in [5.74, 6) is -0.212. The number of nitrogens with one attached hydrogen (secondary N) is 2. The van der Waals surface area contributed by atoms with E-state index in [9.17, 15) is 19.5 Å². The molecule has 3 aromatic carbocycles. The summed E-state index contributed by atoms with van der Waals surface area (Å²) in [5, 5.41) is 19.4. The Kier molecular flexibility index (Phi) is 8.28. The Morgan fingerprint density at radius 1 is 1.08 bits per heavy atom. The van der Waals surface area contributed by atoms with E-state index in [1.54, 1.807) is 82.8 Å². The van der Waals surface area contributed by atoms with Crippen LogP contribution in [0, 0.1) is 5.82 Å². The molecule has 13 nitrogen and oxygen atoms in total. The van der Waals surface area contributed by atoms with Crippen LogP contribution in [0.3, 0.4) is 0 Å². The van der Waals surface area contributed by atoms with Crippen LogP contribution in [0.25, 0.3) is 22.4 Å². The molecule has 0 bridgehead atoms. The first-order valence-corrected chi connectivity index (χ1v) is 15.5. The van der Waals surface area contributed by atoms with Crippen molar-refractivity contribution in [2.75, 3.05) is 18.0 Å². The van der Waals surface area contributed by atoms with Crippen LogP contribution in [0.15, 0.2) is 91.4 Å². The highest BCUT2D eigenvalue weighted by Crippen LogP contribution is 2.35. The van der Waals surface area contributed by atoms with Gasteiger partial charge in [0.2, 0.25) is 0 Å². The van der Waals surface area contributed by atoms with Gasteiger partial charge in [0.1, 0.15) is 23.8 Å². The lowest BCUT2D eigenvalue weighted by Gasteiger charge is -2.28. The highest BCUT2D eigenvalue weighted by atomic mass is 19.1. The molecule has 0 radical (unpaired) electrons. The van der Waals surface area contributed by atoms with Crippen molar-refractivity contribution in [3.05, 3.63) is 109 Å². The Labute approximate surface area is 274 Å². The third kappa shape index (κ3) is 6.19. The van der Waals surface area contributed by atoms with Crippen molar-refractivity contribution in [2.24, 2.45) is 0 Å². The smallest absolute Gasteiger partial charge is 0.414 e. The zero-order chi connectivity index (χ0) is 33.2. The molecule has 0 saturated carbocycles. The number of H-pyrrole nitrogens is 1. The first-order valence-electron chi connectivity index (χ1n) is 15.5. The minimum Gasteiger partial charge on any atom is -0.465 e. The third-order valence-corrected chi connectivity index (χ3v) is 8.60. The summed E-state index contributed by atoms with van der Waals surface area (Å²) >= 11 is 0. The van der Waals surface area contributed by atoms with Gasteiger partial charge in [-0.1, -0.05) is 59.8 Å². The molecule has 2 fully saturated rings. The molecule has 2 aliphatic heterocycles. The maximum Gasteiger partial charge on any atom is 0.414 e. The van der Waals surface area contributed by atoms with E-state index in [0.29, 0.717) is 47.7 Å². The summed E-state index contributed by atoms with van der Waals surface area (Å²) in [5.41, 5.74) is 3.54. The van der Waals surface area contributed by atoms with Crippen LogP contribution in [-0.4, -0.2) is 72.3 Å². The second kappa shape index (κ2) is 13.0. The number of carbonyl (C=O) groups is 3. The number of anilines is 1. The summed E-state index contributed by atoms with van der Waals surface area (Å²) in [6, 6.07) is 19.4. The van der Waals surface area contributed by atoms with Crippen LogP contribution in [0.4, 0.5) is 19.7 Å². The molecular formula is C34H31FN8O5. The molecule has 5 aromatic rings. The molecule has 0 spiro atoms. The number of carbonyl (C=O) groups excluding carboxylic acids is 2. The quantitative estimate of drug-likeness (QED) is 0.197. The fraction of sp³-hybridized carbons (Fsp3) is 0.235. The molecule has 0 aliphatic carbocycles. The molecule has 2 aromatic heterocycles. The number of nitrogens with zero attached hydrogens (tertiary/aromatic N) is 6. The van der Waals surface area contributed by atoms with Crippen molar-refractivity contribution in [1.82, 2.24) is 35.2 Å². The number of rotatable bonds is 9. The van der Waals surface area contributed by atoms with Crippen LogP contribution in [0.2, 0.25) is 0 Å². The van der Waals surface area contributed by atoms with Gasteiger partial charge in [0.15, 0.2) is 0 Å². The van der Waals surface area contributed by atoms with Gasteiger partial charge in [0.05, 0.1) is 42.9 Å². The molecule has 7 rings (SSSR count). The zero-order valence-electron chi connectivity index (χ0n) is 25.6. The minimum atomic E-state index is -1.28. The van der Waals surface area contributed by atoms with E-state index in [-0.39, 0.29) is 18.5 Å². The van der Waals surface area contributed by atoms with Gasteiger partial charge in [-0.05, 0) is 47.7 Å². The number of aromatic nitrogens is 5. The van der Waals surface area contributed by atoms with Crippen LogP contribution in [-0.2, 0) is 16.1 Å². The monoisotopic (exact) mass is 650 g/mol. The van der Waals surface area contributed by atoms with Gasteiger partial charge in [0.25, 0.3) is 5.91 Å². The molecule has 2 aliphatic rings. The lowest BCUT2D eigenvalue weighted by molar-refractivity contribution is -0.134. The molecule has 48 heavy (non-hydrogen) atoms. The lowest BCUT2D eigenvalue weighted by atomic mass is 10.0. The number of cyclic esters (lactones) is 1. The molecule has 3 N–H and O–H groups in total. The van der Waals surface area contributed by atoms with Crippen molar-refractivity contribution in [3.8, 4) is 22.4 Å². The zero-order valence-corrected chi connectivity index (χ0v) is 25.6. The molecule has 2 saturated heterocycles. The molecule has 3 atom stereocenters. The predicted octanol–water partition coefficient (Wildman–Crippen LogP) is 5.17. The average molecular weight is 651 g/mol. The molecule has 14 heteroatoms. The first-order chi connectivity index (χ1) is 23.3. The van der Waals surface area contributed by atoms with Gasteiger partial charge in [-0.2, -0.15) is 0 Å². The number of aromatic amines is 1. The Morgan fingerprint density at radius 2 is 1.88 bits per heavy atom. The van der Waals surface area contributed by atoms with Gasteiger partial charge in [-0.15, -0.1) is 5.10 Å². The Bertz CT molecular complexity index is 1930. The number of benzene rings is 3. The van der Waals surface area contributed by atoms with Crippen LogP contribution in [0.1, 0.15) is 36.3 Å². The number of amides is 3. The summed E-state index contributed by atoms with van der Waals surface area (Å²) in [4.78, 5) is 48.6. The summed E-state index contributed by atoms with van der Waals surface area (Å²) in [6.45, 7) is 1.09. The number of ether oxygens (including phenoxy) is 1. The Morgan fingerprint density at radius 3 is 2.60 bits per heavy atom.